The van der Waals surface area contributed by atoms with Gasteiger partial charge in [-0.25, -0.2) is 0 Å². The van der Waals surface area contributed by atoms with Gasteiger partial charge in [0, 0.05) is 22.3 Å². The van der Waals surface area contributed by atoms with Crippen LogP contribution in [0.1, 0.15) is 106 Å². The number of hydrogen-bond acceptors (Lipinski definition) is 2. The Morgan fingerprint density at radius 3 is 1.24 bits per heavy atom. The van der Waals surface area contributed by atoms with Gasteiger partial charge in [-0.2, -0.15) is 0 Å². The fourth-order valence-corrected chi connectivity index (χ4v) is 6.18. The van der Waals surface area contributed by atoms with E-state index < -0.39 is 0 Å². The van der Waals surface area contributed by atoms with E-state index in [0.717, 1.165) is 59.1 Å². The minimum absolute atomic E-state index is 0.171. The maximum Gasteiger partial charge on any atom is 0.186 e. The van der Waals surface area contributed by atoms with Crippen molar-refractivity contribution in [3.8, 4) is 0 Å². The van der Waals surface area contributed by atoms with Crippen molar-refractivity contribution in [2.75, 3.05) is 0 Å². The lowest BCUT2D eigenvalue weighted by Crippen LogP contribution is -2.28. The third kappa shape index (κ3) is 5.16. The molecule has 0 heterocycles. The summed E-state index contributed by atoms with van der Waals surface area (Å²) < 4.78 is 0. The van der Waals surface area contributed by atoms with Crippen molar-refractivity contribution in [3.63, 3.8) is 0 Å². The van der Waals surface area contributed by atoms with Crippen LogP contribution < -0.4 is 0 Å². The highest BCUT2D eigenvalue weighted by atomic mass is 16.1. The topological polar surface area (TPSA) is 34.1 Å². The van der Waals surface area contributed by atoms with Gasteiger partial charge in [0.25, 0.3) is 0 Å². The first-order valence-corrected chi connectivity index (χ1v) is 13.7. The molecular formula is C32H44O2. The van der Waals surface area contributed by atoms with Crippen molar-refractivity contribution in [1.82, 2.24) is 0 Å². The molecule has 2 nitrogen and oxygen atoms in total. The molecule has 0 aliphatic heterocycles. The quantitative estimate of drug-likeness (QED) is 0.414. The Balaban J connectivity index is 1.90. The molecule has 0 aromatic carbocycles. The van der Waals surface area contributed by atoms with Gasteiger partial charge in [0.2, 0.25) is 0 Å². The molecule has 184 valence electrons. The van der Waals surface area contributed by atoms with Crippen LogP contribution in [-0.4, -0.2) is 11.6 Å². The van der Waals surface area contributed by atoms with Crippen molar-refractivity contribution in [3.05, 3.63) is 57.7 Å². The number of hydrogen-bond donors (Lipinski definition) is 0. The third-order valence-electron chi connectivity index (χ3n) is 8.27. The van der Waals surface area contributed by atoms with E-state index in [1.54, 1.807) is 0 Å². The molecule has 0 saturated heterocycles. The number of ketones is 2. The lowest BCUT2D eigenvalue weighted by Gasteiger charge is -2.33. The molecule has 0 atom stereocenters. The van der Waals surface area contributed by atoms with Crippen LogP contribution in [0.15, 0.2) is 57.7 Å². The van der Waals surface area contributed by atoms with Crippen LogP contribution in [0.2, 0.25) is 0 Å². The molecule has 2 fully saturated rings. The lowest BCUT2D eigenvalue weighted by atomic mass is 9.70. The maximum atomic E-state index is 13.8. The minimum Gasteiger partial charge on any atom is -0.289 e. The molecular weight excluding hydrogens is 416 g/mol. The van der Waals surface area contributed by atoms with Crippen molar-refractivity contribution in [2.24, 2.45) is 22.7 Å². The molecule has 0 unspecified atom stereocenters. The summed E-state index contributed by atoms with van der Waals surface area (Å²) in [4.78, 5) is 27.3. The summed E-state index contributed by atoms with van der Waals surface area (Å²) in [6.45, 7) is 12.8. The molecule has 4 rings (SSSR count). The van der Waals surface area contributed by atoms with Crippen molar-refractivity contribution >= 4 is 11.6 Å². The fourth-order valence-electron chi connectivity index (χ4n) is 6.18. The smallest absolute Gasteiger partial charge is 0.186 e. The van der Waals surface area contributed by atoms with Gasteiger partial charge in [-0.15, -0.1) is 0 Å². The second-order valence-electron chi connectivity index (χ2n) is 13.1. The van der Waals surface area contributed by atoms with Crippen LogP contribution in [0, 0.1) is 22.7 Å². The number of Topliss-reactive ketones (excluding diaryl/α,β-unsaturated/α-hetero) is 2. The van der Waals surface area contributed by atoms with E-state index in [9.17, 15) is 9.59 Å². The van der Waals surface area contributed by atoms with E-state index in [4.69, 9.17) is 0 Å². The average molecular weight is 461 g/mol. The monoisotopic (exact) mass is 460 g/mol. The fraction of sp³-hybridized carbons (Fsp3) is 0.625. The van der Waals surface area contributed by atoms with Gasteiger partial charge in [-0.3, -0.25) is 9.59 Å². The van der Waals surface area contributed by atoms with Crippen LogP contribution in [-0.2, 0) is 9.59 Å². The molecule has 0 N–H and O–H groups in total. The van der Waals surface area contributed by atoms with Crippen molar-refractivity contribution in [2.45, 2.75) is 106 Å². The van der Waals surface area contributed by atoms with Gasteiger partial charge >= 0.3 is 0 Å². The SMILES string of the molecule is CC(C)(C)C1=CC(=C2C=C(C3CCCCC3)C(=O)C(C3CCCCC3)=C2)C=C(C(C)(C)C)C1=O. The Kier molecular flexibility index (Phi) is 7.09. The molecule has 4 aliphatic carbocycles. The first kappa shape index (κ1) is 25.1. The molecule has 0 spiro atoms. The third-order valence-corrected chi connectivity index (χ3v) is 8.27. The minimum atomic E-state index is -0.232. The van der Waals surface area contributed by atoms with E-state index in [0.29, 0.717) is 17.6 Å². The largest absolute Gasteiger partial charge is 0.289 e. The Hall–Kier alpha value is -1.96. The van der Waals surface area contributed by atoms with Gasteiger partial charge in [0.15, 0.2) is 11.6 Å². The van der Waals surface area contributed by atoms with E-state index in [-0.39, 0.29) is 16.6 Å². The summed E-state index contributed by atoms with van der Waals surface area (Å²) in [6.07, 6.45) is 20.6. The lowest BCUT2D eigenvalue weighted by molar-refractivity contribution is -0.114. The summed E-state index contributed by atoms with van der Waals surface area (Å²) in [5.74, 6) is 1.25. The van der Waals surface area contributed by atoms with E-state index in [1.165, 1.54) is 38.5 Å². The van der Waals surface area contributed by atoms with Crippen LogP contribution >= 0.6 is 0 Å². The molecule has 4 aliphatic rings. The first-order chi connectivity index (χ1) is 16.0. The van der Waals surface area contributed by atoms with Crippen LogP contribution in [0.5, 0.6) is 0 Å². The molecule has 0 bridgehead atoms. The second kappa shape index (κ2) is 9.59. The number of rotatable bonds is 2. The summed E-state index contributed by atoms with van der Waals surface area (Å²) in [6, 6.07) is 0. The predicted molar refractivity (Wildman–Crippen MR) is 141 cm³/mol. The van der Waals surface area contributed by atoms with E-state index in [2.05, 4.69) is 65.8 Å². The number of carbonyl (C=O) groups is 2. The second-order valence-corrected chi connectivity index (χ2v) is 13.1. The Bertz CT molecular complexity index is 922. The molecule has 0 aromatic heterocycles. The molecule has 2 saturated carbocycles. The van der Waals surface area contributed by atoms with Gasteiger partial charge in [-0.1, -0.05) is 80.1 Å². The highest BCUT2D eigenvalue weighted by Crippen LogP contribution is 2.43. The first-order valence-electron chi connectivity index (χ1n) is 13.7. The maximum absolute atomic E-state index is 13.8. The van der Waals surface area contributed by atoms with Crippen LogP contribution in [0.25, 0.3) is 0 Å². The number of allylic oxidation sites excluding steroid dienone is 10. The highest BCUT2D eigenvalue weighted by molar-refractivity contribution is 6.13. The van der Waals surface area contributed by atoms with Gasteiger partial charge in [-0.05, 0) is 83.8 Å². The van der Waals surface area contributed by atoms with Crippen LogP contribution in [0.3, 0.4) is 0 Å². The zero-order chi connectivity index (χ0) is 24.7. The zero-order valence-electron chi connectivity index (χ0n) is 22.4. The zero-order valence-corrected chi connectivity index (χ0v) is 22.4. The Morgan fingerprint density at radius 2 is 0.882 bits per heavy atom. The molecule has 34 heavy (non-hydrogen) atoms. The van der Waals surface area contributed by atoms with Gasteiger partial charge < -0.3 is 0 Å². The highest BCUT2D eigenvalue weighted by Gasteiger charge is 2.36. The summed E-state index contributed by atoms with van der Waals surface area (Å²) in [7, 11) is 0. The standard InChI is InChI=1S/C32H44O2/c1-31(2,3)27-19-24(20-28(30(27)34)32(4,5)6)23-17-25(21-13-9-7-10-14-21)29(33)26(18-23)22-15-11-8-12-16-22/h17-22H,7-16H2,1-6H3. The summed E-state index contributed by atoms with van der Waals surface area (Å²) in [5, 5.41) is 0. The Labute approximate surface area is 207 Å². The molecule has 0 amide bonds. The Morgan fingerprint density at radius 1 is 0.529 bits per heavy atom. The summed E-state index contributed by atoms with van der Waals surface area (Å²) in [5.41, 5.74) is 5.60. The normalized spacial score (nSPS) is 24.1. The summed E-state index contributed by atoms with van der Waals surface area (Å²) >= 11 is 0. The van der Waals surface area contributed by atoms with E-state index in [1.807, 2.05) is 0 Å². The van der Waals surface area contributed by atoms with Gasteiger partial charge in [0.05, 0.1) is 0 Å². The number of carbonyl (C=O) groups excluding carboxylic acids is 2. The van der Waals surface area contributed by atoms with E-state index >= 15 is 0 Å². The average Bonchev–Trinajstić information content (AvgIpc) is 2.79. The molecule has 2 heteroatoms. The predicted octanol–water partition coefficient (Wildman–Crippen LogP) is 8.41. The van der Waals surface area contributed by atoms with Gasteiger partial charge in [0.1, 0.15) is 0 Å². The van der Waals surface area contributed by atoms with Crippen molar-refractivity contribution in [1.29, 1.82) is 0 Å². The van der Waals surface area contributed by atoms with Crippen LogP contribution in [0.4, 0.5) is 0 Å². The molecule has 0 aromatic rings. The molecule has 0 radical (unpaired) electrons. The van der Waals surface area contributed by atoms with Crippen molar-refractivity contribution < 1.29 is 9.59 Å².